The molecule has 0 saturated heterocycles. The summed E-state index contributed by atoms with van der Waals surface area (Å²) in [5.74, 6) is -0.0763. The molecule has 0 spiro atoms. The van der Waals surface area contributed by atoms with Gasteiger partial charge >= 0.3 is 6.18 Å². The number of hydrogen-bond acceptors (Lipinski definition) is 2. The first-order chi connectivity index (χ1) is 11.3. The van der Waals surface area contributed by atoms with Crippen LogP contribution in [0.3, 0.4) is 0 Å². The minimum atomic E-state index is -4.33. The third-order valence-electron chi connectivity index (χ3n) is 3.61. The molecule has 0 bridgehead atoms. The Morgan fingerprint density at radius 1 is 1.08 bits per heavy atom. The van der Waals surface area contributed by atoms with Crippen molar-refractivity contribution in [2.45, 2.75) is 33.0 Å². The van der Waals surface area contributed by atoms with Crippen LogP contribution in [-0.4, -0.2) is 5.91 Å². The van der Waals surface area contributed by atoms with Crippen LogP contribution in [0.15, 0.2) is 42.5 Å². The maximum Gasteiger partial charge on any atom is 0.416 e. The Bertz CT molecular complexity index is 709. The van der Waals surface area contributed by atoms with Crippen molar-refractivity contribution in [1.82, 2.24) is 0 Å². The van der Waals surface area contributed by atoms with Gasteiger partial charge in [-0.1, -0.05) is 25.1 Å². The van der Waals surface area contributed by atoms with Crippen LogP contribution in [0.2, 0.25) is 0 Å². The van der Waals surface area contributed by atoms with Crippen LogP contribution in [0.25, 0.3) is 0 Å². The van der Waals surface area contributed by atoms with Gasteiger partial charge in [-0.15, -0.1) is 0 Å². The standard InChI is InChI=1S/C18H19F3N2O/c1-3-17(24)23-15-9-4-12(2)16(10-15)22-11-13-5-7-14(8-6-13)18(19,20)21/h4-10,22H,3,11H2,1-2H3,(H,23,24). The van der Waals surface area contributed by atoms with Gasteiger partial charge in [0.2, 0.25) is 5.91 Å². The molecule has 0 aromatic heterocycles. The van der Waals surface area contributed by atoms with Crippen molar-refractivity contribution >= 4 is 17.3 Å². The van der Waals surface area contributed by atoms with E-state index in [2.05, 4.69) is 10.6 Å². The zero-order chi connectivity index (χ0) is 17.7. The lowest BCUT2D eigenvalue weighted by Crippen LogP contribution is -2.10. The van der Waals surface area contributed by atoms with E-state index in [9.17, 15) is 18.0 Å². The summed E-state index contributed by atoms with van der Waals surface area (Å²) in [7, 11) is 0. The van der Waals surface area contributed by atoms with E-state index in [4.69, 9.17) is 0 Å². The third kappa shape index (κ3) is 4.75. The lowest BCUT2D eigenvalue weighted by atomic mass is 10.1. The SMILES string of the molecule is CCC(=O)Nc1ccc(C)c(NCc2ccc(C(F)(F)F)cc2)c1. The fourth-order valence-corrected chi connectivity index (χ4v) is 2.15. The number of halogens is 3. The number of anilines is 2. The number of amides is 1. The molecular formula is C18H19F3N2O. The van der Waals surface area contributed by atoms with E-state index in [-0.39, 0.29) is 5.91 Å². The van der Waals surface area contributed by atoms with Crippen LogP contribution in [0, 0.1) is 6.92 Å². The number of hydrogen-bond donors (Lipinski definition) is 2. The Morgan fingerprint density at radius 3 is 2.33 bits per heavy atom. The second kappa shape index (κ2) is 7.38. The van der Waals surface area contributed by atoms with Crippen LogP contribution in [0.5, 0.6) is 0 Å². The summed E-state index contributed by atoms with van der Waals surface area (Å²) in [5.41, 5.74) is 2.57. The van der Waals surface area contributed by atoms with Gasteiger partial charge < -0.3 is 10.6 Å². The highest BCUT2D eigenvalue weighted by Crippen LogP contribution is 2.29. The Hall–Kier alpha value is -2.50. The predicted octanol–water partition coefficient (Wildman–Crippen LogP) is 4.97. The monoisotopic (exact) mass is 336 g/mol. The molecule has 0 unspecified atom stereocenters. The summed E-state index contributed by atoms with van der Waals surface area (Å²) >= 11 is 0. The van der Waals surface area contributed by atoms with Crippen molar-refractivity contribution in [3.05, 3.63) is 59.2 Å². The minimum Gasteiger partial charge on any atom is -0.381 e. The molecule has 24 heavy (non-hydrogen) atoms. The molecular weight excluding hydrogens is 317 g/mol. The number of benzene rings is 2. The minimum absolute atomic E-state index is 0.0763. The molecule has 0 aliphatic heterocycles. The number of carbonyl (C=O) groups is 1. The average Bonchev–Trinajstić information content (AvgIpc) is 2.54. The predicted molar refractivity (Wildman–Crippen MR) is 88.9 cm³/mol. The quantitative estimate of drug-likeness (QED) is 0.809. The molecule has 128 valence electrons. The third-order valence-corrected chi connectivity index (χ3v) is 3.61. The summed E-state index contributed by atoms with van der Waals surface area (Å²) in [6.45, 7) is 4.08. The summed E-state index contributed by atoms with van der Waals surface area (Å²) in [6, 6.07) is 10.5. The molecule has 0 aliphatic carbocycles. The van der Waals surface area contributed by atoms with Crippen LogP contribution < -0.4 is 10.6 Å². The van der Waals surface area contributed by atoms with Crippen LogP contribution in [0.1, 0.15) is 30.0 Å². The van der Waals surface area contributed by atoms with Crippen LogP contribution >= 0.6 is 0 Å². The second-order valence-electron chi connectivity index (χ2n) is 5.48. The van der Waals surface area contributed by atoms with Gasteiger partial charge in [0, 0.05) is 24.3 Å². The van der Waals surface area contributed by atoms with Crippen molar-refractivity contribution in [3.8, 4) is 0 Å². The molecule has 2 N–H and O–H groups in total. The van der Waals surface area contributed by atoms with E-state index in [1.807, 2.05) is 25.1 Å². The summed E-state index contributed by atoms with van der Waals surface area (Å²) in [6.07, 6.45) is -3.93. The first kappa shape index (κ1) is 17.8. The Balaban J connectivity index is 2.05. The van der Waals surface area contributed by atoms with E-state index in [1.54, 1.807) is 6.92 Å². The van der Waals surface area contributed by atoms with Crippen molar-refractivity contribution in [3.63, 3.8) is 0 Å². The zero-order valence-electron chi connectivity index (χ0n) is 13.5. The van der Waals surface area contributed by atoms with Gasteiger partial charge in [0.15, 0.2) is 0 Å². The molecule has 1 amide bonds. The molecule has 0 heterocycles. The van der Waals surface area contributed by atoms with Gasteiger partial charge in [0.1, 0.15) is 0 Å². The Morgan fingerprint density at radius 2 is 1.75 bits per heavy atom. The molecule has 2 aromatic carbocycles. The molecule has 3 nitrogen and oxygen atoms in total. The van der Waals surface area contributed by atoms with Crippen molar-refractivity contribution < 1.29 is 18.0 Å². The lowest BCUT2D eigenvalue weighted by molar-refractivity contribution is -0.137. The first-order valence-electron chi connectivity index (χ1n) is 7.60. The largest absolute Gasteiger partial charge is 0.416 e. The maximum atomic E-state index is 12.6. The smallest absolute Gasteiger partial charge is 0.381 e. The average molecular weight is 336 g/mol. The summed E-state index contributed by atoms with van der Waals surface area (Å²) in [5, 5.41) is 5.96. The first-order valence-corrected chi connectivity index (χ1v) is 7.60. The van der Waals surface area contributed by atoms with Crippen molar-refractivity contribution in [1.29, 1.82) is 0 Å². The van der Waals surface area contributed by atoms with E-state index in [1.165, 1.54) is 12.1 Å². The highest BCUT2D eigenvalue weighted by molar-refractivity contribution is 5.91. The van der Waals surface area contributed by atoms with Gasteiger partial charge in [0.05, 0.1) is 5.56 Å². The van der Waals surface area contributed by atoms with Gasteiger partial charge in [-0.25, -0.2) is 0 Å². The van der Waals surface area contributed by atoms with Crippen LogP contribution in [-0.2, 0) is 17.5 Å². The normalized spacial score (nSPS) is 11.2. The summed E-state index contributed by atoms with van der Waals surface area (Å²) in [4.78, 5) is 11.4. The number of carbonyl (C=O) groups excluding carboxylic acids is 1. The number of alkyl halides is 3. The molecule has 2 aromatic rings. The second-order valence-corrected chi connectivity index (χ2v) is 5.48. The maximum absolute atomic E-state index is 12.6. The van der Waals surface area contributed by atoms with Gasteiger partial charge in [0.25, 0.3) is 0 Å². The molecule has 2 rings (SSSR count). The highest BCUT2D eigenvalue weighted by Gasteiger charge is 2.29. The van der Waals surface area contributed by atoms with Crippen LogP contribution in [0.4, 0.5) is 24.5 Å². The van der Waals surface area contributed by atoms with Crippen molar-refractivity contribution in [2.75, 3.05) is 10.6 Å². The molecule has 0 fully saturated rings. The lowest BCUT2D eigenvalue weighted by Gasteiger charge is -2.13. The molecule has 0 saturated carbocycles. The fourth-order valence-electron chi connectivity index (χ4n) is 2.15. The van der Waals surface area contributed by atoms with Crippen molar-refractivity contribution in [2.24, 2.45) is 0 Å². The molecule has 0 radical (unpaired) electrons. The van der Waals surface area contributed by atoms with Gasteiger partial charge in [-0.2, -0.15) is 13.2 Å². The molecule has 6 heteroatoms. The summed E-state index contributed by atoms with van der Waals surface area (Å²) < 4.78 is 37.7. The Kier molecular flexibility index (Phi) is 5.49. The van der Waals surface area contributed by atoms with E-state index in [0.29, 0.717) is 18.7 Å². The number of aryl methyl sites for hydroxylation is 1. The Labute approximate surface area is 138 Å². The number of nitrogens with one attached hydrogen (secondary N) is 2. The number of rotatable bonds is 5. The highest BCUT2D eigenvalue weighted by atomic mass is 19.4. The fraction of sp³-hybridized carbons (Fsp3) is 0.278. The van der Waals surface area contributed by atoms with E-state index < -0.39 is 11.7 Å². The van der Waals surface area contributed by atoms with Gasteiger partial charge in [-0.3, -0.25) is 4.79 Å². The molecule has 0 aliphatic rings. The van der Waals surface area contributed by atoms with Gasteiger partial charge in [-0.05, 0) is 42.3 Å². The topological polar surface area (TPSA) is 41.1 Å². The zero-order valence-corrected chi connectivity index (χ0v) is 13.5. The van der Waals surface area contributed by atoms with E-state index in [0.717, 1.165) is 28.9 Å². The van der Waals surface area contributed by atoms with E-state index >= 15 is 0 Å². The molecule has 0 atom stereocenters.